The van der Waals surface area contributed by atoms with E-state index in [-0.39, 0.29) is 5.88 Å². The van der Waals surface area contributed by atoms with E-state index in [1.54, 1.807) is 41.1 Å². The van der Waals surface area contributed by atoms with Gasteiger partial charge in [0.2, 0.25) is 5.88 Å². The molecule has 2 aromatic heterocycles. The SMILES string of the molecule is O=C(O)COc1ccc(-c2nc(O)c3cnccn23)cc1. The number of carboxylic acid groups (broad SMARTS) is 1. The summed E-state index contributed by atoms with van der Waals surface area (Å²) in [6.07, 6.45) is 4.82. The zero-order chi connectivity index (χ0) is 14.8. The molecule has 0 radical (unpaired) electrons. The molecule has 0 aliphatic heterocycles. The molecule has 0 bridgehead atoms. The Balaban J connectivity index is 1.94. The average Bonchev–Trinajstić information content (AvgIpc) is 2.83. The van der Waals surface area contributed by atoms with Crippen LogP contribution in [0.4, 0.5) is 0 Å². The highest BCUT2D eigenvalue weighted by molar-refractivity contribution is 5.69. The van der Waals surface area contributed by atoms with E-state index in [4.69, 9.17) is 9.84 Å². The zero-order valence-electron chi connectivity index (χ0n) is 10.8. The average molecular weight is 285 g/mol. The Kier molecular flexibility index (Phi) is 3.15. The predicted molar refractivity (Wildman–Crippen MR) is 73.2 cm³/mol. The van der Waals surface area contributed by atoms with Gasteiger partial charge in [0.25, 0.3) is 0 Å². The molecule has 0 aliphatic carbocycles. The van der Waals surface area contributed by atoms with E-state index in [2.05, 4.69) is 9.97 Å². The minimum absolute atomic E-state index is 0.0932. The highest BCUT2D eigenvalue weighted by Gasteiger charge is 2.11. The van der Waals surface area contributed by atoms with Crippen LogP contribution in [0, 0.1) is 0 Å². The van der Waals surface area contributed by atoms with Gasteiger partial charge in [-0.25, -0.2) is 4.79 Å². The van der Waals surface area contributed by atoms with Crippen molar-refractivity contribution in [2.75, 3.05) is 6.61 Å². The fourth-order valence-corrected chi connectivity index (χ4v) is 1.97. The lowest BCUT2D eigenvalue weighted by Crippen LogP contribution is -2.09. The molecule has 0 fully saturated rings. The molecule has 106 valence electrons. The van der Waals surface area contributed by atoms with E-state index in [1.165, 1.54) is 6.20 Å². The fourth-order valence-electron chi connectivity index (χ4n) is 1.97. The third-order valence-electron chi connectivity index (χ3n) is 2.90. The van der Waals surface area contributed by atoms with Crippen LogP contribution >= 0.6 is 0 Å². The topological polar surface area (TPSA) is 97.0 Å². The van der Waals surface area contributed by atoms with Gasteiger partial charge in [-0.1, -0.05) is 0 Å². The third kappa shape index (κ3) is 2.48. The molecule has 1 aromatic carbocycles. The number of carboxylic acids is 1. The van der Waals surface area contributed by atoms with Gasteiger partial charge < -0.3 is 14.9 Å². The van der Waals surface area contributed by atoms with Gasteiger partial charge in [0.05, 0.1) is 6.20 Å². The molecule has 3 rings (SSSR count). The van der Waals surface area contributed by atoms with Gasteiger partial charge >= 0.3 is 5.97 Å². The molecule has 0 atom stereocenters. The number of hydrogen-bond acceptors (Lipinski definition) is 5. The summed E-state index contributed by atoms with van der Waals surface area (Å²) < 4.78 is 6.78. The molecule has 2 heterocycles. The van der Waals surface area contributed by atoms with Crippen LogP contribution in [0.1, 0.15) is 0 Å². The lowest BCUT2D eigenvalue weighted by Gasteiger charge is -2.04. The van der Waals surface area contributed by atoms with E-state index in [9.17, 15) is 9.90 Å². The quantitative estimate of drug-likeness (QED) is 0.755. The largest absolute Gasteiger partial charge is 0.492 e. The molecule has 0 aliphatic rings. The normalized spacial score (nSPS) is 10.7. The smallest absolute Gasteiger partial charge is 0.341 e. The maximum absolute atomic E-state index is 10.4. The standard InChI is InChI=1S/C14H11N3O4/c18-12(19)8-21-10-3-1-9(2-4-10)13-16-14(20)11-7-15-5-6-17(11)13/h1-7,20H,8H2,(H,18,19). The predicted octanol–water partition coefficient (Wildman–Crippen LogP) is 1.57. The second-order valence-corrected chi connectivity index (χ2v) is 4.30. The van der Waals surface area contributed by atoms with Gasteiger partial charge in [-0.15, -0.1) is 0 Å². The highest BCUT2D eigenvalue weighted by atomic mass is 16.5. The van der Waals surface area contributed by atoms with Crippen molar-refractivity contribution in [3.8, 4) is 23.0 Å². The number of aromatic hydroxyl groups is 1. The molecular formula is C14H11N3O4. The van der Waals surface area contributed by atoms with Gasteiger partial charge in [-0.3, -0.25) is 9.38 Å². The summed E-state index contributed by atoms with van der Waals surface area (Å²) in [7, 11) is 0. The van der Waals surface area contributed by atoms with Crippen molar-refractivity contribution in [1.82, 2.24) is 14.4 Å². The Morgan fingerprint density at radius 3 is 2.76 bits per heavy atom. The van der Waals surface area contributed by atoms with Crippen molar-refractivity contribution in [1.29, 1.82) is 0 Å². The minimum Gasteiger partial charge on any atom is -0.492 e. The van der Waals surface area contributed by atoms with Gasteiger partial charge in [-0.05, 0) is 24.3 Å². The molecule has 0 amide bonds. The van der Waals surface area contributed by atoms with Crippen molar-refractivity contribution in [2.45, 2.75) is 0 Å². The highest BCUT2D eigenvalue weighted by Crippen LogP contribution is 2.27. The summed E-state index contributed by atoms with van der Waals surface area (Å²) in [4.78, 5) is 18.5. The Labute approximate surface area is 119 Å². The summed E-state index contributed by atoms with van der Waals surface area (Å²) in [5, 5.41) is 18.3. The second kappa shape index (κ2) is 5.12. The zero-order valence-corrected chi connectivity index (χ0v) is 10.8. The fraction of sp³-hybridized carbons (Fsp3) is 0.0714. The second-order valence-electron chi connectivity index (χ2n) is 4.30. The van der Waals surface area contributed by atoms with Crippen molar-refractivity contribution in [3.63, 3.8) is 0 Å². The Morgan fingerprint density at radius 1 is 1.29 bits per heavy atom. The molecule has 7 heteroatoms. The Bertz CT molecular complexity index is 796. The number of imidazole rings is 1. The number of ether oxygens (including phenoxy) is 1. The van der Waals surface area contributed by atoms with E-state index < -0.39 is 12.6 Å². The van der Waals surface area contributed by atoms with Crippen LogP contribution < -0.4 is 4.74 Å². The lowest BCUT2D eigenvalue weighted by molar-refractivity contribution is -0.139. The number of benzene rings is 1. The number of fused-ring (bicyclic) bond motifs is 1. The summed E-state index contributed by atoms with van der Waals surface area (Å²) in [5.74, 6) is -0.109. The van der Waals surface area contributed by atoms with E-state index in [1.807, 2.05) is 0 Å². The number of nitrogens with zero attached hydrogens (tertiary/aromatic N) is 3. The first-order chi connectivity index (χ1) is 10.1. The van der Waals surface area contributed by atoms with Crippen LogP contribution in [-0.4, -0.2) is 37.2 Å². The van der Waals surface area contributed by atoms with Crippen molar-refractivity contribution >= 4 is 11.5 Å². The van der Waals surface area contributed by atoms with Crippen LogP contribution in [0.3, 0.4) is 0 Å². The molecule has 21 heavy (non-hydrogen) atoms. The molecule has 2 N–H and O–H groups in total. The van der Waals surface area contributed by atoms with Gasteiger partial charge in [-0.2, -0.15) is 4.98 Å². The van der Waals surface area contributed by atoms with Crippen LogP contribution in [0.5, 0.6) is 11.6 Å². The summed E-state index contributed by atoms with van der Waals surface area (Å²) in [6.45, 7) is -0.391. The summed E-state index contributed by atoms with van der Waals surface area (Å²) >= 11 is 0. The lowest BCUT2D eigenvalue weighted by atomic mass is 10.2. The first-order valence-corrected chi connectivity index (χ1v) is 6.11. The van der Waals surface area contributed by atoms with Crippen LogP contribution in [0.25, 0.3) is 16.9 Å². The number of carbonyl (C=O) groups is 1. The molecule has 0 unspecified atom stereocenters. The molecule has 3 aromatic rings. The maximum atomic E-state index is 10.4. The molecular weight excluding hydrogens is 274 g/mol. The van der Waals surface area contributed by atoms with Gasteiger partial charge in [0, 0.05) is 18.0 Å². The number of aromatic nitrogens is 3. The van der Waals surface area contributed by atoms with Crippen LogP contribution in [0.2, 0.25) is 0 Å². The van der Waals surface area contributed by atoms with Gasteiger partial charge in [0.1, 0.15) is 17.1 Å². The Morgan fingerprint density at radius 2 is 2.05 bits per heavy atom. The summed E-state index contributed by atoms with van der Waals surface area (Å²) in [5.41, 5.74) is 1.28. The number of hydrogen-bond donors (Lipinski definition) is 2. The van der Waals surface area contributed by atoms with E-state index >= 15 is 0 Å². The summed E-state index contributed by atoms with van der Waals surface area (Å²) in [6, 6.07) is 6.78. The maximum Gasteiger partial charge on any atom is 0.341 e. The monoisotopic (exact) mass is 285 g/mol. The number of aliphatic carboxylic acids is 1. The van der Waals surface area contributed by atoms with Crippen molar-refractivity contribution < 1.29 is 19.7 Å². The minimum atomic E-state index is -1.03. The van der Waals surface area contributed by atoms with Crippen LogP contribution in [-0.2, 0) is 4.79 Å². The molecule has 0 saturated heterocycles. The van der Waals surface area contributed by atoms with Crippen molar-refractivity contribution in [3.05, 3.63) is 42.9 Å². The van der Waals surface area contributed by atoms with E-state index in [0.717, 1.165) is 5.56 Å². The molecule has 0 spiro atoms. The first-order valence-electron chi connectivity index (χ1n) is 6.11. The molecule has 7 nitrogen and oxygen atoms in total. The third-order valence-corrected chi connectivity index (χ3v) is 2.90. The van der Waals surface area contributed by atoms with Crippen molar-refractivity contribution in [2.24, 2.45) is 0 Å². The van der Waals surface area contributed by atoms with E-state index in [0.29, 0.717) is 17.1 Å². The first kappa shape index (κ1) is 12.9. The Hall–Kier alpha value is -3.09. The number of rotatable bonds is 4. The molecule has 0 saturated carbocycles. The van der Waals surface area contributed by atoms with Crippen LogP contribution in [0.15, 0.2) is 42.9 Å². The van der Waals surface area contributed by atoms with Gasteiger partial charge in [0.15, 0.2) is 6.61 Å².